The molecule has 0 aromatic heterocycles. The standard InChI is InChI=1S/C64H117N2O7P/c1-7-10-13-16-19-22-25-28-29-30-31-32-33-34-35-36-37-39-42-45-48-51-54-57-64(68)73-62(55-52-49-46-43-40-27-24-21-18-15-12-9-3)61(60-72-74(69,70)71-59-58-66(4,5)6)65-63(67)56-53-50-47-44-41-38-26-23-20-17-14-11-8-2/h11,14,17,19-20,22-23,26,28-29,52,55,61-62H,7-10,12-13,15-16,18,21,24-25,27,30-51,53-54,56-60H2,1-6H3,(H-,65,67,69,70)/p+1/b14-11+,20-17+,22-19-,26-23-,29-28-,55-52-. The van der Waals surface area contributed by atoms with Gasteiger partial charge in [-0.3, -0.25) is 18.6 Å². The number of quaternary nitrogens is 1. The van der Waals surface area contributed by atoms with Gasteiger partial charge in [0.15, 0.2) is 0 Å². The Morgan fingerprint density at radius 3 is 1.42 bits per heavy atom. The molecule has 0 aliphatic heterocycles. The second-order valence-electron chi connectivity index (χ2n) is 21.9. The van der Waals surface area contributed by atoms with Crippen LogP contribution in [0, 0.1) is 0 Å². The smallest absolute Gasteiger partial charge is 0.456 e. The number of carbonyl (C=O) groups is 2. The molecule has 2 N–H and O–H groups in total. The number of phosphoric ester groups is 1. The van der Waals surface area contributed by atoms with Gasteiger partial charge in [0.2, 0.25) is 5.91 Å². The topological polar surface area (TPSA) is 111 Å². The van der Waals surface area contributed by atoms with Gasteiger partial charge in [-0.1, -0.05) is 248 Å². The monoisotopic (exact) mass is 1060 g/mol. The molecular weight excluding hydrogens is 940 g/mol. The van der Waals surface area contributed by atoms with Crippen LogP contribution in [0.1, 0.15) is 271 Å². The fraction of sp³-hybridized carbons (Fsp3) is 0.781. The number of hydrogen-bond donors (Lipinski definition) is 2. The van der Waals surface area contributed by atoms with E-state index in [0.717, 1.165) is 89.9 Å². The van der Waals surface area contributed by atoms with Gasteiger partial charge in [0.1, 0.15) is 19.3 Å². The number of esters is 1. The number of rotatable bonds is 55. The van der Waals surface area contributed by atoms with Crippen molar-refractivity contribution in [2.45, 2.75) is 283 Å². The molecule has 1 amide bonds. The maximum atomic E-state index is 13.5. The van der Waals surface area contributed by atoms with Crippen LogP contribution in [-0.2, 0) is 27.9 Å². The molecule has 74 heavy (non-hydrogen) atoms. The Morgan fingerprint density at radius 2 is 0.919 bits per heavy atom. The molecule has 3 unspecified atom stereocenters. The summed E-state index contributed by atoms with van der Waals surface area (Å²) in [4.78, 5) is 37.6. The minimum absolute atomic E-state index is 0.0340. The van der Waals surface area contributed by atoms with Gasteiger partial charge in [-0.2, -0.15) is 0 Å². The molecule has 0 spiro atoms. The highest BCUT2D eigenvalue weighted by Crippen LogP contribution is 2.43. The molecule has 9 nitrogen and oxygen atoms in total. The number of likely N-dealkylation sites (N-methyl/N-ethyl adjacent to an activating group) is 1. The highest BCUT2D eigenvalue weighted by molar-refractivity contribution is 7.47. The van der Waals surface area contributed by atoms with Crippen molar-refractivity contribution in [2.75, 3.05) is 40.9 Å². The van der Waals surface area contributed by atoms with E-state index in [-0.39, 0.29) is 31.5 Å². The summed E-state index contributed by atoms with van der Waals surface area (Å²) in [6.07, 6.45) is 69.0. The second kappa shape index (κ2) is 53.8. The van der Waals surface area contributed by atoms with Gasteiger partial charge in [0.25, 0.3) is 0 Å². The minimum atomic E-state index is -4.45. The molecule has 0 aromatic carbocycles. The predicted molar refractivity (Wildman–Crippen MR) is 318 cm³/mol. The summed E-state index contributed by atoms with van der Waals surface area (Å²) in [7, 11) is 1.48. The number of ether oxygens (including phenoxy) is 1. The second-order valence-corrected chi connectivity index (χ2v) is 23.4. The molecule has 0 aliphatic rings. The summed E-state index contributed by atoms with van der Waals surface area (Å²) in [6, 6.07) is -0.860. The maximum absolute atomic E-state index is 13.5. The van der Waals surface area contributed by atoms with Crippen molar-refractivity contribution in [3.63, 3.8) is 0 Å². The van der Waals surface area contributed by atoms with Crippen molar-refractivity contribution in [2.24, 2.45) is 0 Å². The molecule has 3 atom stereocenters. The van der Waals surface area contributed by atoms with E-state index in [2.05, 4.69) is 86.8 Å². The number of hydrogen-bond acceptors (Lipinski definition) is 6. The zero-order valence-corrected chi connectivity index (χ0v) is 50.0. The lowest BCUT2D eigenvalue weighted by molar-refractivity contribution is -0.870. The third-order valence-electron chi connectivity index (χ3n) is 13.4. The molecule has 10 heteroatoms. The SMILES string of the molecule is CC/C=C/C=C/C=C\CCCCCCCC(=O)NC(COP(=O)(O)OCC[N+](C)(C)C)C(/C=C\CCCCCCCCCCCC)OC(=O)CCCCCCCCCCCCCCC/C=C\C/C=C\CCCCC. The number of nitrogens with one attached hydrogen (secondary N) is 1. The van der Waals surface area contributed by atoms with Crippen molar-refractivity contribution in [3.8, 4) is 0 Å². The average Bonchev–Trinajstić information content (AvgIpc) is 3.36. The van der Waals surface area contributed by atoms with E-state index in [4.69, 9.17) is 13.8 Å². The number of amides is 1. The number of allylic oxidation sites excluding steroid dienone is 11. The van der Waals surface area contributed by atoms with Crippen molar-refractivity contribution in [3.05, 3.63) is 72.9 Å². The minimum Gasteiger partial charge on any atom is -0.456 e. The van der Waals surface area contributed by atoms with E-state index in [0.29, 0.717) is 17.4 Å². The molecule has 0 saturated carbocycles. The molecule has 0 radical (unpaired) electrons. The first kappa shape index (κ1) is 71.5. The zero-order valence-electron chi connectivity index (χ0n) is 49.1. The van der Waals surface area contributed by atoms with Crippen LogP contribution in [0.5, 0.6) is 0 Å². The summed E-state index contributed by atoms with van der Waals surface area (Å²) in [5, 5.41) is 3.04. The summed E-state index contributed by atoms with van der Waals surface area (Å²) in [6.45, 7) is 6.84. The van der Waals surface area contributed by atoms with E-state index in [9.17, 15) is 19.0 Å². The first-order chi connectivity index (χ1) is 35.9. The highest BCUT2D eigenvalue weighted by atomic mass is 31.2. The lowest BCUT2D eigenvalue weighted by Gasteiger charge is -2.27. The van der Waals surface area contributed by atoms with Gasteiger partial charge >= 0.3 is 13.8 Å². The first-order valence-corrected chi connectivity index (χ1v) is 32.3. The van der Waals surface area contributed by atoms with Crippen LogP contribution in [0.25, 0.3) is 0 Å². The molecular formula is C64H118N2O7P+. The molecule has 0 fully saturated rings. The zero-order chi connectivity index (χ0) is 54.3. The first-order valence-electron chi connectivity index (χ1n) is 30.8. The van der Waals surface area contributed by atoms with Crippen LogP contribution < -0.4 is 5.32 Å². The Morgan fingerprint density at radius 1 is 0.500 bits per heavy atom. The van der Waals surface area contributed by atoms with Crippen molar-refractivity contribution in [1.82, 2.24) is 5.32 Å². The van der Waals surface area contributed by atoms with Gasteiger partial charge in [-0.05, 0) is 83.1 Å². The Balaban J connectivity index is 5.17. The van der Waals surface area contributed by atoms with Crippen LogP contribution in [0.2, 0.25) is 0 Å². The Hall–Kier alpha value is -2.55. The number of carbonyl (C=O) groups excluding carboxylic acids is 2. The van der Waals surface area contributed by atoms with Crippen LogP contribution in [0.3, 0.4) is 0 Å². The summed E-state index contributed by atoms with van der Waals surface area (Å²) in [5.74, 6) is -0.528. The number of phosphoric acid groups is 1. The summed E-state index contributed by atoms with van der Waals surface area (Å²) in [5.41, 5.74) is 0. The van der Waals surface area contributed by atoms with Gasteiger partial charge in [-0.15, -0.1) is 0 Å². The van der Waals surface area contributed by atoms with Crippen LogP contribution in [-0.4, -0.2) is 74.3 Å². The fourth-order valence-electron chi connectivity index (χ4n) is 8.68. The average molecular weight is 1060 g/mol. The van der Waals surface area contributed by atoms with Gasteiger partial charge in [-0.25, -0.2) is 4.57 Å². The predicted octanol–water partition coefficient (Wildman–Crippen LogP) is 18.8. The number of unbranched alkanes of at least 4 members (excludes halogenated alkanes) is 31. The van der Waals surface area contributed by atoms with Crippen molar-refractivity contribution >= 4 is 19.7 Å². The van der Waals surface area contributed by atoms with E-state index >= 15 is 0 Å². The van der Waals surface area contributed by atoms with Crippen LogP contribution in [0.15, 0.2) is 72.9 Å². The highest BCUT2D eigenvalue weighted by Gasteiger charge is 2.30. The Kier molecular flexibility index (Phi) is 52.0. The van der Waals surface area contributed by atoms with Crippen LogP contribution >= 0.6 is 7.82 Å². The van der Waals surface area contributed by atoms with E-state index in [1.165, 1.54) is 148 Å². The molecule has 0 bridgehead atoms. The maximum Gasteiger partial charge on any atom is 0.472 e. The van der Waals surface area contributed by atoms with Gasteiger partial charge in [0.05, 0.1) is 33.8 Å². The van der Waals surface area contributed by atoms with Gasteiger partial charge in [0, 0.05) is 12.8 Å². The van der Waals surface area contributed by atoms with Crippen molar-refractivity contribution < 1.29 is 37.3 Å². The molecule has 0 aromatic rings. The summed E-state index contributed by atoms with van der Waals surface area (Å²) >= 11 is 0. The lowest BCUT2D eigenvalue weighted by Crippen LogP contribution is -2.47. The molecule has 0 saturated heterocycles. The summed E-state index contributed by atoms with van der Waals surface area (Å²) < 4.78 is 30.6. The largest absolute Gasteiger partial charge is 0.472 e. The Bertz CT molecular complexity index is 1500. The van der Waals surface area contributed by atoms with Crippen molar-refractivity contribution in [1.29, 1.82) is 0 Å². The van der Waals surface area contributed by atoms with Crippen LogP contribution in [0.4, 0.5) is 0 Å². The third-order valence-corrected chi connectivity index (χ3v) is 14.4. The fourth-order valence-corrected chi connectivity index (χ4v) is 9.41. The van der Waals surface area contributed by atoms with E-state index in [1.807, 2.05) is 33.3 Å². The molecule has 0 rings (SSSR count). The van der Waals surface area contributed by atoms with E-state index in [1.54, 1.807) is 0 Å². The normalized spacial score (nSPS) is 14.2. The molecule has 430 valence electrons. The van der Waals surface area contributed by atoms with Gasteiger partial charge < -0.3 is 19.4 Å². The lowest BCUT2D eigenvalue weighted by atomic mass is 10.0. The Labute approximate surface area is 457 Å². The van der Waals surface area contributed by atoms with E-state index < -0.39 is 20.0 Å². The quantitative estimate of drug-likeness (QED) is 0.0156. The number of nitrogens with zero attached hydrogens (tertiary/aromatic N) is 1. The third kappa shape index (κ3) is 54.2. The molecule has 0 aliphatic carbocycles. The molecule has 0 heterocycles.